The number of pyridine rings is 1. The van der Waals surface area contributed by atoms with Crippen molar-refractivity contribution < 1.29 is 13.9 Å². The summed E-state index contributed by atoms with van der Waals surface area (Å²) in [6.45, 7) is 1.93. The number of imidazole rings is 1. The van der Waals surface area contributed by atoms with Gasteiger partial charge in [-0.15, -0.1) is 5.10 Å². The Morgan fingerprint density at radius 1 is 1.11 bits per heavy atom. The molecule has 0 fully saturated rings. The predicted molar refractivity (Wildman–Crippen MR) is 136 cm³/mol. The van der Waals surface area contributed by atoms with Crippen molar-refractivity contribution in [2.75, 3.05) is 13.7 Å². The molecular formula is C26H22BrFN6O2. The zero-order valence-electron chi connectivity index (χ0n) is 19.5. The van der Waals surface area contributed by atoms with E-state index in [1.54, 1.807) is 24.3 Å². The molecule has 0 saturated carbocycles. The van der Waals surface area contributed by atoms with Gasteiger partial charge in [0.15, 0.2) is 5.82 Å². The van der Waals surface area contributed by atoms with Crippen LogP contribution in [0.15, 0.2) is 59.5 Å². The Morgan fingerprint density at radius 2 is 1.97 bits per heavy atom. The summed E-state index contributed by atoms with van der Waals surface area (Å²) >= 11 is 3.54. The summed E-state index contributed by atoms with van der Waals surface area (Å²) in [5.41, 5.74) is 3.42. The number of ether oxygens (including phenoxy) is 2. The molecule has 0 atom stereocenters. The Balaban J connectivity index is 1.32. The minimum absolute atomic E-state index is 0.0998. The Labute approximate surface area is 214 Å². The van der Waals surface area contributed by atoms with Crippen LogP contribution in [-0.4, -0.2) is 43.0 Å². The highest BCUT2D eigenvalue weighted by atomic mass is 79.9. The highest BCUT2D eigenvalue weighted by Gasteiger charge is 2.21. The average molecular weight is 549 g/mol. The van der Waals surface area contributed by atoms with Gasteiger partial charge in [0.1, 0.15) is 34.9 Å². The van der Waals surface area contributed by atoms with Gasteiger partial charge >= 0.3 is 0 Å². The molecule has 0 saturated heterocycles. The number of hydrogen-bond donors (Lipinski definition) is 0. The van der Waals surface area contributed by atoms with Gasteiger partial charge in [-0.1, -0.05) is 28.1 Å². The molecular weight excluding hydrogens is 527 g/mol. The van der Waals surface area contributed by atoms with Crippen molar-refractivity contribution in [2.24, 2.45) is 0 Å². The molecule has 8 nitrogen and oxygen atoms in total. The second kappa shape index (κ2) is 9.34. The highest BCUT2D eigenvalue weighted by molar-refractivity contribution is 9.10. The number of benzene rings is 2. The van der Waals surface area contributed by atoms with E-state index in [0.29, 0.717) is 24.5 Å². The molecule has 182 valence electrons. The Morgan fingerprint density at radius 3 is 2.78 bits per heavy atom. The third-order valence-electron chi connectivity index (χ3n) is 6.16. The topological polar surface area (TPSA) is 79.9 Å². The normalized spacial score (nSPS) is 13.3. The lowest BCUT2D eigenvalue weighted by atomic mass is 10.2. The minimum Gasteiger partial charge on any atom is -0.497 e. The standard InChI is InChI=1S/C26H22BrFN6O2/c1-35-19-6-4-16(5-7-19)14-33-15-30-25(32-33)23-20(28)10-17(13-29-23)26-31-21-11-18(27)12-22-24(21)34(26)8-2-3-9-36-22/h4-7,10-13,15H,2-3,8-9,14H2,1H3. The van der Waals surface area contributed by atoms with E-state index in [9.17, 15) is 0 Å². The summed E-state index contributed by atoms with van der Waals surface area (Å²) in [7, 11) is 1.63. The quantitative estimate of drug-likeness (QED) is 0.289. The lowest BCUT2D eigenvalue weighted by Gasteiger charge is -2.16. The maximum absolute atomic E-state index is 15.3. The van der Waals surface area contributed by atoms with Crippen molar-refractivity contribution in [3.8, 4) is 34.4 Å². The maximum atomic E-state index is 15.3. The van der Waals surface area contributed by atoms with E-state index in [1.807, 2.05) is 36.4 Å². The first-order valence-corrected chi connectivity index (χ1v) is 12.4. The molecule has 6 rings (SSSR count). The molecule has 10 heteroatoms. The SMILES string of the molecule is COc1ccc(Cn2cnc(-c3ncc(-c4nc5cc(Br)cc6c5n4CCCCO6)cc3F)n2)cc1. The molecule has 3 aromatic heterocycles. The van der Waals surface area contributed by atoms with Crippen LogP contribution in [0.25, 0.3) is 33.9 Å². The highest BCUT2D eigenvalue weighted by Crippen LogP contribution is 2.36. The van der Waals surface area contributed by atoms with E-state index in [2.05, 4.69) is 35.6 Å². The Bertz CT molecular complexity index is 1560. The van der Waals surface area contributed by atoms with Crippen molar-refractivity contribution in [1.29, 1.82) is 0 Å². The molecule has 1 aliphatic rings. The van der Waals surface area contributed by atoms with Crippen molar-refractivity contribution in [3.63, 3.8) is 0 Å². The van der Waals surface area contributed by atoms with Crippen LogP contribution in [0.3, 0.4) is 0 Å². The van der Waals surface area contributed by atoms with Crippen LogP contribution in [-0.2, 0) is 13.1 Å². The molecule has 36 heavy (non-hydrogen) atoms. The summed E-state index contributed by atoms with van der Waals surface area (Å²) in [6.07, 6.45) is 5.08. The fraction of sp³-hybridized carbons (Fsp3) is 0.231. The van der Waals surface area contributed by atoms with Gasteiger partial charge in [-0.25, -0.2) is 24.0 Å². The third-order valence-corrected chi connectivity index (χ3v) is 6.61. The Kier molecular flexibility index (Phi) is 5.88. The summed E-state index contributed by atoms with van der Waals surface area (Å²) in [5.74, 6) is 1.94. The van der Waals surface area contributed by atoms with Gasteiger partial charge in [-0.2, -0.15) is 0 Å². The maximum Gasteiger partial charge on any atom is 0.202 e. The van der Waals surface area contributed by atoms with Crippen LogP contribution in [0.4, 0.5) is 4.39 Å². The minimum atomic E-state index is -0.502. The second-order valence-corrected chi connectivity index (χ2v) is 9.50. The molecule has 1 aliphatic heterocycles. The van der Waals surface area contributed by atoms with E-state index in [1.165, 1.54) is 6.07 Å². The summed E-state index contributed by atoms with van der Waals surface area (Å²) < 4.78 is 31.1. The van der Waals surface area contributed by atoms with Gasteiger partial charge < -0.3 is 14.0 Å². The van der Waals surface area contributed by atoms with E-state index in [-0.39, 0.29) is 11.5 Å². The van der Waals surface area contributed by atoms with Crippen molar-refractivity contribution in [1.82, 2.24) is 29.3 Å². The number of aromatic nitrogens is 6. The summed E-state index contributed by atoms with van der Waals surface area (Å²) in [4.78, 5) is 13.5. The fourth-order valence-electron chi connectivity index (χ4n) is 4.42. The monoisotopic (exact) mass is 548 g/mol. The first-order valence-electron chi connectivity index (χ1n) is 11.6. The lowest BCUT2D eigenvalue weighted by molar-refractivity contribution is 0.299. The summed E-state index contributed by atoms with van der Waals surface area (Å²) in [5, 5.41) is 4.43. The Hall–Kier alpha value is -3.79. The number of aryl methyl sites for hydroxylation is 1. The van der Waals surface area contributed by atoms with Gasteiger partial charge in [-0.3, -0.25) is 0 Å². The largest absolute Gasteiger partial charge is 0.497 e. The van der Waals surface area contributed by atoms with Crippen LogP contribution < -0.4 is 9.47 Å². The van der Waals surface area contributed by atoms with Crippen LogP contribution in [0, 0.1) is 5.82 Å². The molecule has 2 aromatic carbocycles. The third kappa shape index (κ3) is 4.21. The van der Waals surface area contributed by atoms with Gasteiger partial charge in [0, 0.05) is 22.8 Å². The molecule has 5 aromatic rings. The van der Waals surface area contributed by atoms with Gasteiger partial charge in [0.2, 0.25) is 5.82 Å². The lowest BCUT2D eigenvalue weighted by Crippen LogP contribution is -2.09. The number of halogens is 2. The van der Waals surface area contributed by atoms with E-state index in [0.717, 1.165) is 52.0 Å². The predicted octanol–water partition coefficient (Wildman–Crippen LogP) is 5.49. The number of rotatable bonds is 5. The zero-order valence-corrected chi connectivity index (χ0v) is 21.1. The van der Waals surface area contributed by atoms with E-state index in [4.69, 9.17) is 14.5 Å². The fourth-order valence-corrected chi connectivity index (χ4v) is 4.85. The first kappa shape index (κ1) is 22.7. The molecule has 4 heterocycles. The van der Waals surface area contributed by atoms with E-state index < -0.39 is 5.82 Å². The zero-order chi connectivity index (χ0) is 24.6. The van der Waals surface area contributed by atoms with Crippen LogP contribution in [0.2, 0.25) is 0 Å². The number of methoxy groups -OCH3 is 1. The van der Waals surface area contributed by atoms with Crippen molar-refractivity contribution in [3.05, 3.63) is 70.8 Å². The molecule has 0 radical (unpaired) electrons. The summed E-state index contributed by atoms with van der Waals surface area (Å²) in [6, 6.07) is 13.0. The van der Waals surface area contributed by atoms with Gasteiger partial charge in [0.05, 0.1) is 25.8 Å². The number of nitrogens with zero attached hydrogens (tertiary/aromatic N) is 6. The van der Waals surface area contributed by atoms with Crippen molar-refractivity contribution >= 4 is 27.0 Å². The molecule has 0 spiro atoms. The van der Waals surface area contributed by atoms with Crippen LogP contribution >= 0.6 is 15.9 Å². The van der Waals surface area contributed by atoms with Crippen LogP contribution in [0.5, 0.6) is 11.5 Å². The van der Waals surface area contributed by atoms with E-state index >= 15 is 4.39 Å². The second-order valence-electron chi connectivity index (χ2n) is 8.58. The smallest absolute Gasteiger partial charge is 0.202 e. The molecule has 0 unspecified atom stereocenters. The van der Waals surface area contributed by atoms with Gasteiger partial charge in [-0.05, 0) is 48.7 Å². The first-order chi connectivity index (χ1) is 17.6. The van der Waals surface area contributed by atoms with Crippen molar-refractivity contribution in [2.45, 2.75) is 25.9 Å². The van der Waals surface area contributed by atoms with Gasteiger partial charge in [0.25, 0.3) is 0 Å². The molecule has 0 amide bonds. The number of hydrogen-bond acceptors (Lipinski definition) is 6. The molecule has 0 aliphatic carbocycles. The average Bonchev–Trinajstić information content (AvgIpc) is 3.47. The van der Waals surface area contributed by atoms with Crippen LogP contribution in [0.1, 0.15) is 18.4 Å². The molecule has 0 bridgehead atoms. The molecule has 0 N–H and O–H groups in total.